The number of hydrogen-bond acceptors (Lipinski definition) is 3. The Morgan fingerprint density at radius 1 is 1.48 bits per heavy atom. The van der Waals surface area contributed by atoms with E-state index in [0.717, 1.165) is 25.1 Å². The summed E-state index contributed by atoms with van der Waals surface area (Å²) in [5, 5.41) is 2.89. The van der Waals surface area contributed by atoms with Gasteiger partial charge >= 0.3 is 6.09 Å². The standard InChI is InChI=1S/C16H23FN2O2/c1-16(2,3)21-15(20)18-14-7-8-19(11-14)10-12-5-4-6-13(17)9-12/h4-6,9,14H,7-8,10-11H2,1-3H3,(H,18,20)/t14-/m1/s1. The average molecular weight is 294 g/mol. The summed E-state index contributed by atoms with van der Waals surface area (Å²) < 4.78 is 18.4. The normalized spacial score (nSPS) is 19.5. The molecule has 0 saturated carbocycles. The van der Waals surface area contributed by atoms with Crippen LogP contribution in [0.1, 0.15) is 32.8 Å². The Balaban J connectivity index is 1.80. The minimum atomic E-state index is -0.482. The molecule has 0 radical (unpaired) electrons. The summed E-state index contributed by atoms with van der Waals surface area (Å²) in [5.41, 5.74) is 0.470. The lowest BCUT2D eigenvalue weighted by Gasteiger charge is -2.22. The number of alkyl carbamates (subject to hydrolysis) is 1. The third-order valence-electron chi connectivity index (χ3n) is 3.29. The molecule has 1 atom stereocenters. The van der Waals surface area contributed by atoms with E-state index in [-0.39, 0.29) is 18.0 Å². The van der Waals surface area contributed by atoms with Crippen molar-refractivity contribution in [3.63, 3.8) is 0 Å². The maximum atomic E-state index is 13.2. The van der Waals surface area contributed by atoms with Crippen LogP contribution in [-0.4, -0.2) is 35.7 Å². The minimum Gasteiger partial charge on any atom is -0.444 e. The van der Waals surface area contributed by atoms with Crippen molar-refractivity contribution in [1.29, 1.82) is 0 Å². The Morgan fingerprint density at radius 2 is 2.24 bits per heavy atom. The van der Waals surface area contributed by atoms with Gasteiger partial charge < -0.3 is 10.1 Å². The van der Waals surface area contributed by atoms with Gasteiger partial charge in [-0.25, -0.2) is 9.18 Å². The molecule has 0 spiro atoms. The molecule has 1 aromatic carbocycles. The van der Waals surface area contributed by atoms with Crippen LogP contribution in [-0.2, 0) is 11.3 Å². The SMILES string of the molecule is CC(C)(C)OC(=O)N[C@@H]1CCN(Cc2cccc(F)c2)C1. The maximum absolute atomic E-state index is 13.2. The number of nitrogens with one attached hydrogen (secondary N) is 1. The second-order valence-electron chi connectivity index (χ2n) is 6.50. The molecule has 1 amide bonds. The number of carbonyl (C=O) groups is 1. The number of rotatable bonds is 3. The number of carbonyl (C=O) groups excluding carboxylic acids is 1. The van der Waals surface area contributed by atoms with E-state index in [2.05, 4.69) is 10.2 Å². The molecule has 1 N–H and O–H groups in total. The first-order valence-electron chi connectivity index (χ1n) is 7.28. The minimum absolute atomic E-state index is 0.0911. The van der Waals surface area contributed by atoms with Gasteiger partial charge in [0.05, 0.1) is 0 Å². The molecule has 0 unspecified atom stereocenters. The highest BCUT2D eigenvalue weighted by Crippen LogP contribution is 2.15. The Kier molecular flexibility index (Phi) is 4.83. The summed E-state index contributed by atoms with van der Waals surface area (Å²) in [5.74, 6) is -0.213. The first-order valence-corrected chi connectivity index (χ1v) is 7.28. The van der Waals surface area contributed by atoms with Crippen LogP contribution in [0.5, 0.6) is 0 Å². The average Bonchev–Trinajstić information content (AvgIpc) is 2.73. The van der Waals surface area contributed by atoms with E-state index in [1.165, 1.54) is 6.07 Å². The van der Waals surface area contributed by atoms with Gasteiger partial charge in [-0.3, -0.25) is 4.90 Å². The molecule has 5 heteroatoms. The first-order chi connectivity index (χ1) is 9.82. The molecule has 0 aromatic heterocycles. The van der Waals surface area contributed by atoms with Gasteiger partial charge in [-0.2, -0.15) is 0 Å². The summed E-state index contributed by atoms with van der Waals surface area (Å²) in [6, 6.07) is 6.72. The van der Waals surface area contributed by atoms with Crippen molar-refractivity contribution >= 4 is 6.09 Å². The Labute approximate surface area is 125 Å². The summed E-state index contributed by atoms with van der Waals surface area (Å²) in [4.78, 5) is 13.9. The van der Waals surface area contributed by atoms with E-state index in [9.17, 15) is 9.18 Å². The van der Waals surface area contributed by atoms with Crippen LogP contribution in [0.4, 0.5) is 9.18 Å². The fourth-order valence-corrected chi connectivity index (χ4v) is 2.46. The maximum Gasteiger partial charge on any atom is 0.407 e. The van der Waals surface area contributed by atoms with Crippen molar-refractivity contribution < 1.29 is 13.9 Å². The smallest absolute Gasteiger partial charge is 0.407 e. The molecular weight excluding hydrogens is 271 g/mol. The lowest BCUT2D eigenvalue weighted by atomic mass is 10.2. The number of likely N-dealkylation sites (tertiary alicyclic amines) is 1. The van der Waals surface area contributed by atoms with Crippen molar-refractivity contribution in [1.82, 2.24) is 10.2 Å². The Hall–Kier alpha value is -1.62. The zero-order chi connectivity index (χ0) is 15.5. The number of nitrogens with zero attached hydrogens (tertiary/aromatic N) is 1. The zero-order valence-electron chi connectivity index (χ0n) is 12.9. The summed E-state index contributed by atoms with van der Waals surface area (Å²) in [7, 11) is 0. The third-order valence-corrected chi connectivity index (χ3v) is 3.29. The van der Waals surface area contributed by atoms with Crippen molar-refractivity contribution in [2.24, 2.45) is 0 Å². The Bertz CT molecular complexity index is 499. The van der Waals surface area contributed by atoms with Gasteiger partial charge in [-0.05, 0) is 44.9 Å². The predicted molar refractivity (Wildman–Crippen MR) is 79.5 cm³/mol. The number of hydrogen-bond donors (Lipinski definition) is 1. The largest absolute Gasteiger partial charge is 0.444 e. The summed E-state index contributed by atoms with van der Waals surface area (Å²) >= 11 is 0. The van der Waals surface area contributed by atoms with Crippen LogP contribution < -0.4 is 5.32 Å². The van der Waals surface area contributed by atoms with E-state index in [0.29, 0.717) is 6.54 Å². The molecule has 0 aliphatic carbocycles. The molecule has 0 bridgehead atoms. The van der Waals surface area contributed by atoms with Crippen LogP contribution in [0, 0.1) is 5.82 Å². The van der Waals surface area contributed by atoms with E-state index in [1.54, 1.807) is 12.1 Å². The molecule has 1 heterocycles. The van der Waals surface area contributed by atoms with E-state index in [1.807, 2.05) is 26.8 Å². The highest BCUT2D eigenvalue weighted by atomic mass is 19.1. The van der Waals surface area contributed by atoms with Crippen molar-refractivity contribution in [3.8, 4) is 0 Å². The highest BCUT2D eigenvalue weighted by molar-refractivity contribution is 5.68. The molecule has 1 aromatic rings. The third kappa shape index (κ3) is 5.34. The van der Waals surface area contributed by atoms with Crippen LogP contribution in [0.25, 0.3) is 0 Å². The van der Waals surface area contributed by atoms with Gasteiger partial charge in [0.2, 0.25) is 0 Å². The van der Waals surface area contributed by atoms with Crippen LogP contribution in [0.15, 0.2) is 24.3 Å². The lowest BCUT2D eigenvalue weighted by Crippen LogP contribution is -2.40. The second-order valence-corrected chi connectivity index (χ2v) is 6.50. The molecular formula is C16H23FN2O2. The molecule has 1 aliphatic heterocycles. The summed E-state index contributed by atoms with van der Waals surface area (Å²) in [6.45, 7) is 7.88. The monoisotopic (exact) mass is 294 g/mol. The zero-order valence-corrected chi connectivity index (χ0v) is 12.9. The number of ether oxygens (including phenoxy) is 1. The highest BCUT2D eigenvalue weighted by Gasteiger charge is 2.26. The molecule has 1 aliphatic rings. The summed E-state index contributed by atoms with van der Waals surface area (Å²) in [6.07, 6.45) is 0.509. The van der Waals surface area contributed by atoms with Crippen LogP contribution in [0.2, 0.25) is 0 Å². The van der Waals surface area contributed by atoms with Gasteiger partial charge in [0.1, 0.15) is 11.4 Å². The molecule has 116 valence electrons. The Morgan fingerprint density at radius 3 is 2.90 bits per heavy atom. The van der Waals surface area contributed by atoms with E-state index < -0.39 is 5.60 Å². The van der Waals surface area contributed by atoms with Gasteiger partial charge in [-0.15, -0.1) is 0 Å². The van der Waals surface area contributed by atoms with E-state index in [4.69, 9.17) is 4.74 Å². The second kappa shape index (κ2) is 6.43. The van der Waals surface area contributed by atoms with Crippen molar-refractivity contribution in [3.05, 3.63) is 35.6 Å². The lowest BCUT2D eigenvalue weighted by molar-refractivity contribution is 0.0506. The fraction of sp³-hybridized carbons (Fsp3) is 0.562. The van der Waals surface area contributed by atoms with Gasteiger partial charge in [0, 0.05) is 25.7 Å². The molecule has 4 nitrogen and oxygen atoms in total. The molecule has 1 saturated heterocycles. The first kappa shape index (κ1) is 15.8. The van der Waals surface area contributed by atoms with Crippen molar-refractivity contribution in [2.75, 3.05) is 13.1 Å². The number of benzene rings is 1. The van der Waals surface area contributed by atoms with Gasteiger partial charge in [0.15, 0.2) is 0 Å². The van der Waals surface area contributed by atoms with E-state index >= 15 is 0 Å². The molecule has 21 heavy (non-hydrogen) atoms. The van der Waals surface area contributed by atoms with Gasteiger partial charge in [-0.1, -0.05) is 12.1 Å². The van der Waals surface area contributed by atoms with Gasteiger partial charge in [0.25, 0.3) is 0 Å². The molecule has 2 rings (SSSR count). The van der Waals surface area contributed by atoms with Crippen LogP contribution in [0.3, 0.4) is 0 Å². The predicted octanol–water partition coefficient (Wildman–Crippen LogP) is 2.92. The van der Waals surface area contributed by atoms with Crippen LogP contribution >= 0.6 is 0 Å². The number of amides is 1. The topological polar surface area (TPSA) is 41.6 Å². The van der Waals surface area contributed by atoms with Crippen molar-refractivity contribution in [2.45, 2.75) is 45.4 Å². The molecule has 1 fully saturated rings. The number of halogens is 1. The quantitative estimate of drug-likeness (QED) is 0.932. The fourth-order valence-electron chi connectivity index (χ4n) is 2.46.